The third-order valence-corrected chi connectivity index (χ3v) is 6.80. The van der Waals surface area contributed by atoms with Crippen LogP contribution in [-0.2, 0) is 27.9 Å². The number of carbonyl (C=O) groups excluding carboxylic acids is 1. The zero-order valence-corrected chi connectivity index (χ0v) is 19.5. The third-order valence-electron chi connectivity index (χ3n) is 4.75. The highest BCUT2D eigenvalue weighted by Crippen LogP contribution is 2.27. The van der Waals surface area contributed by atoms with Gasteiger partial charge >= 0.3 is 0 Å². The number of nitrogens with zero attached hydrogens (tertiary/aromatic N) is 3. The Bertz CT molecular complexity index is 1220. The highest BCUT2D eigenvalue weighted by molar-refractivity contribution is 7.89. The third kappa shape index (κ3) is 5.00. The van der Waals surface area contributed by atoms with E-state index in [0.717, 1.165) is 24.3 Å². The van der Waals surface area contributed by atoms with E-state index in [1.807, 2.05) is 0 Å². The maximum atomic E-state index is 12.5. The number of halogens is 1. The first-order valence-corrected chi connectivity index (χ1v) is 11.7. The number of sulfonamides is 1. The SMILES string of the molecule is CCCn1c(CNc2cc(Cl)ccc2NC(C)=O)nc2cc(S(=O)(=O)N(C)C)ccc21. The summed E-state index contributed by atoms with van der Waals surface area (Å²) in [5.41, 5.74) is 2.77. The van der Waals surface area contributed by atoms with Crippen LogP contribution >= 0.6 is 11.6 Å². The van der Waals surface area contributed by atoms with E-state index >= 15 is 0 Å². The van der Waals surface area contributed by atoms with Gasteiger partial charge in [-0.1, -0.05) is 18.5 Å². The summed E-state index contributed by atoms with van der Waals surface area (Å²) in [7, 11) is -0.543. The van der Waals surface area contributed by atoms with Gasteiger partial charge in [0.25, 0.3) is 0 Å². The second-order valence-corrected chi connectivity index (χ2v) is 9.93. The summed E-state index contributed by atoms with van der Waals surface area (Å²) in [5, 5.41) is 6.61. The highest BCUT2D eigenvalue weighted by Gasteiger charge is 2.20. The molecule has 0 unspecified atom stereocenters. The lowest BCUT2D eigenvalue weighted by molar-refractivity contribution is -0.114. The summed E-state index contributed by atoms with van der Waals surface area (Å²) in [6.45, 7) is 4.62. The number of rotatable bonds is 8. The largest absolute Gasteiger partial charge is 0.376 e. The van der Waals surface area contributed by atoms with Gasteiger partial charge in [0, 0.05) is 32.6 Å². The van der Waals surface area contributed by atoms with Crippen molar-refractivity contribution in [1.29, 1.82) is 0 Å². The molecule has 0 radical (unpaired) electrons. The zero-order valence-electron chi connectivity index (χ0n) is 17.9. The maximum absolute atomic E-state index is 12.5. The average Bonchev–Trinajstić information content (AvgIpc) is 3.04. The summed E-state index contributed by atoms with van der Waals surface area (Å²) in [5.74, 6) is 0.572. The van der Waals surface area contributed by atoms with Crippen LogP contribution in [0.5, 0.6) is 0 Å². The van der Waals surface area contributed by atoms with Crippen molar-refractivity contribution in [1.82, 2.24) is 13.9 Å². The van der Waals surface area contributed by atoms with Crippen LogP contribution in [0.25, 0.3) is 11.0 Å². The Balaban J connectivity index is 1.98. The van der Waals surface area contributed by atoms with Gasteiger partial charge < -0.3 is 15.2 Å². The number of fused-ring (bicyclic) bond motifs is 1. The van der Waals surface area contributed by atoms with Crippen LogP contribution < -0.4 is 10.6 Å². The van der Waals surface area contributed by atoms with Gasteiger partial charge in [-0.25, -0.2) is 17.7 Å². The Morgan fingerprint density at radius 2 is 1.90 bits per heavy atom. The van der Waals surface area contributed by atoms with Crippen LogP contribution in [-0.4, -0.2) is 42.3 Å². The molecule has 1 heterocycles. The number of imidazole rings is 1. The average molecular weight is 464 g/mol. The molecule has 1 amide bonds. The van der Waals surface area contributed by atoms with Crippen LogP contribution in [0.1, 0.15) is 26.1 Å². The molecule has 31 heavy (non-hydrogen) atoms. The molecule has 0 aliphatic rings. The maximum Gasteiger partial charge on any atom is 0.242 e. The number of hydrogen-bond donors (Lipinski definition) is 2. The molecule has 0 fully saturated rings. The molecule has 3 rings (SSSR count). The van der Waals surface area contributed by atoms with Crippen LogP contribution in [0.3, 0.4) is 0 Å². The fourth-order valence-electron chi connectivity index (χ4n) is 3.27. The molecule has 3 aromatic rings. The minimum absolute atomic E-state index is 0.182. The first-order valence-electron chi connectivity index (χ1n) is 9.86. The van der Waals surface area contributed by atoms with Crippen molar-refractivity contribution in [3.05, 3.63) is 47.2 Å². The van der Waals surface area contributed by atoms with Crippen molar-refractivity contribution < 1.29 is 13.2 Å². The molecule has 0 aliphatic carbocycles. The molecule has 10 heteroatoms. The van der Waals surface area contributed by atoms with E-state index in [0.29, 0.717) is 28.5 Å². The number of hydrogen-bond acceptors (Lipinski definition) is 5. The minimum atomic E-state index is -3.55. The summed E-state index contributed by atoms with van der Waals surface area (Å²) >= 11 is 6.13. The molecule has 0 saturated carbocycles. The molecule has 0 bridgehead atoms. The van der Waals surface area contributed by atoms with Gasteiger partial charge in [0.1, 0.15) is 5.82 Å². The Kier molecular flexibility index (Phi) is 6.88. The summed E-state index contributed by atoms with van der Waals surface area (Å²) in [6, 6.07) is 10.2. The standard InChI is InChI=1S/C21H26ClN5O3S/c1-5-10-27-20-9-7-16(31(29,30)26(3)4)12-19(20)25-21(27)13-23-18-11-15(22)6-8-17(18)24-14(2)28/h6-9,11-12,23H,5,10,13H2,1-4H3,(H,24,28). The van der Waals surface area contributed by atoms with Gasteiger partial charge in [0.15, 0.2) is 0 Å². The molecule has 166 valence electrons. The molecule has 2 aromatic carbocycles. The lowest BCUT2D eigenvalue weighted by Crippen LogP contribution is -2.22. The molecular weight excluding hydrogens is 438 g/mol. The molecular formula is C21H26ClN5O3S. The van der Waals surface area contributed by atoms with E-state index in [4.69, 9.17) is 16.6 Å². The monoisotopic (exact) mass is 463 g/mol. The molecule has 1 aromatic heterocycles. The normalized spacial score (nSPS) is 11.8. The second kappa shape index (κ2) is 9.25. The Hall–Kier alpha value is -2.62. The van der Waals surface area contributed by atoms with Gasteiger partial charge in [0.2, 0.25) is 15.9 Å². The summed E-state index contributed by atoms with van der Waals surface area (Å²) in [4.78, 5) is 16.4. The number of carbonyl (C=O) groups is 1. The van der Waals surface area contributed by atoms with Crippen molar-refractivity contribution in [2.24, 2.45) is 0 Å². The quantitative estimate of drug-likeness (QED) is 0.527. The number of benzene rings is 2. The van der Waals surface area contributed by atoms with Crippen molar-refractivity contribution in [3.63, 3.8) is 0 Å². The Labute approximate surface area is 187 Å². The van der Waals surface area contributed by atoms with E-state index in [1.54, 1.807) is 36.4 Å². The van der Waals surface area contributed by atoms with Gasteiger partial charge in [-0.05, 0) is 42.8 Å². The minimum Gasteiger partial charge on any atom is -0.376 e. The van der Waals surface area contributed by atoms with E-state index in [2.05, 4.69) is 22.1 Å². The predicted molar refractivity (Wildman–Crippen MR) is 124 cm³/mol. The fraction of sp³-hybridized carbons (Fsp3) is 0.333. The van der Waals surface area contributed by atoms with Gasteiger partial charge in [-0.15, -0.1) is 0 Å². The molecule has 0 spiro atoms. The topological polar surface area (TPSA) is 96.3 Å². The van der Waals surface area contributed by atoms with Gasteiger partial charge in [0.05, 0.1) is 33.8 Å². The summed E-state index contributed by atoms with van der Waals surface area (Å²) in [6.07, 6.45) is 0.893. The lowest BCUT2D eigenvalue weighted by atomic mass is 10.2. The second-order valence-electron chi connectivity index (χ2n) is 7.34. The van der Waals surface area contributed by atoms with Gasteiger partial charge in [-0.2, -0.15) is 0 Å². The molecule has 0 aliphatic heterocycles. The first-order chi connectivity index (χ1) is 14.6. The lowest BCUT2D eigenvalue weighted by Gasteiger charge is -2.14. The molecule has 0 saturated heterocycles. The van der Waals surface area contributed by atoms with Gasteiger partial charge in [-0.3, -0.25) is 4.79 Å². The number of nitrogens with one attached hydrogen (secondary N) is 2. The highest BCUT2D eigenvalue weighted by atomic mass is 35.5. The van der Waals surface area contributed by atoms with Crippen molar-refractivity contribution >= 4 is 49.9 Å². The van der Waals surface area contributed by atoms with E-state index in [1.165, 1.54) is 25.3 Å². The van der Waals surface area contributed by atoms with E-state index in [-0.39, 0.29) is 10.8 Å². The number of aromatic nitrogens is 2. The fourth-order valence-corrected chi connectivity index (χ4v) is 4.37. The Morgan fingerprint density at radius 1 is 1.16 bits per heavy atom. The van der Waals surface area contributed by atoms with Crippen molar-refractivity contribution in [3.8, 4) is 0 Å². The Morgan fingerprint density at radius 3 is 2.55 bits per heavy atom. The summed E-state index contributed by atoms with van der Waals surface area (Å²) < 4.78 is 28.2. The van der Waals surface area contributed by atoms with Crippen LogP contribution in [0.4, 0.5) is 11.4 Å². The van der Waals surface area contributed by atoms with E-state index < -0.39 is 10.0 Å². The first kappa shape index (κ1) is 23.1. The van der Waals surface area contributed by atoms with Crippen LogP contribution in [0.15, 0.2) is 41.3 Å². The van der Waals surface area contributed by atoms with E-state index in [9.17, 15) is 13.2 Å². The molecule has 2 N–H and O–H groups in total. The predicted octanol–water partition coefficient (Wildman–Crippen LogP) is 3.92. The van der Waals surface area contributed by atoms with Crippen LogP contribution in [0.2, 0.25) is 5.02 Å². The smallest absolute Gasteiger partial charge is 0.242 e. The van der Waals surface area contributed by atoms with Crippen molar-refractivity contribution in [2.45, 2.75) is 38.3 Å². The van der Waals surface area contributed by atoms with Crippen molar-refractivity contribution in [2.75, 3.05) is 24.7 Å². The molecule has 8 nitrogen and oxygen atoms in total. The zero-order chi connectivity index (χ0) is 22.8. The number of anilines is 2. The number of amides is 1. The van der Waals surface area contributed by atoms with Crippen LogP contribution in [0, 0.1) is 0 Å². The number of aryl methyl sites for hydroxylation is 1. The molecule has 0 atom stereocenters.